The zero-order chi connectivity index (χ0) is 22.7. The first-order valence-electron chi connectivity index (χ1n) is 10.5. The van der Waals surface area contributed by atoms with Crippen molar-refractivity contribution in [1.29, 1.82) is 0 Å². The van der Waals surface area contributed by atoms with Gasteiger partial charge in [0.2, 0.25) is 5.88 Å². The van der Waals surface area contributed by atoms with Gasteiger partial charge >= 0.3 is 0 Å². The molecule has 0 spiro atoms. The number of hydrogen-bond acceptors (Lipinski definition) is 4. The van der Waals surface area contributed by atoms with Crippen LogP contribution >= 0.6 is 0 Å². The summed E-state index contributed by atoms with van der Waals surface area (Å²) in [5, 5.41) is 12.4. The van der Waals surface area contributed by atoms with E-state index in [1.165, 1.54) is 24.4 Å². The first-order chi connectivity index (χ1) is 15.5. The summed E-state index contributed by atoms with van der Waals surface area (Å²) in [5.41, 5.74) is 2.41. The van der Waals surface area contributed by atoms with E-state index in [0.717, 1.165) is 12.8 Å². The Kier molecular flexibility index (Phi) is 6.46. The summed E-state index contributed by atoms with van der Waals surface area (Å²) in [6.07, 6.45) is 3.67. The van der Waals surface area contributed by atoms with E-state index in [1.54, 1.807) is 31.2 Å². The third-order valence-electron chi connectivity index (χ3n) is 5.53. The summed E-state index contributed by atoms with van der Waals surface area (Å²) in [6, 6.07) is 10.8. The highest BCUT2D eigenvalue weighted by molar-refractivity contribution is 5.97. The van der Waals surface area contributed by atoms with Crippen molar-refractivity contribution in [2.75, 3.05) is 6.61 Å². The van der Waals surface area contributed by atoms with Gasteiger partial charge in [-0.25, -0.2) is 13.8 Å². The van der Waals surface area contributed by atoms with Gasteiger partial charge in [0.05, 0.1) is 13.2 Å². The lowest BCUT2D eigenvalue weighted by Crippen LogP contribution is -2.24. The fourth-order valence-electron chi connectivity index (χ4n) is 3.37. The largest absolute Gasteiger partial charge is 0.477 e. The third-order valence-corrected chi connectivity index (χ3v) is 5.53. The molecule has 0 radical (unpaired) electrons. The minimum atomic E-state index is -0.536. The van der Waals surface area contributed by atoms with Gasteiger partial charge in [-0.15, -0.1) is 0 Å². The molecule has 1 aliphatic rings. The molecule has 4 rings (SSSR count). The Morgan fingerprint density at radius 3 is 2.72 bits per heavy atom. The molecule has 2 aromatic carbocycles. The minimum absolute atomic E-state index is 0.127. The van der Waals surface area contributed by atoms with Crippen molar-refractivity contribution in [3.05, 3.63) is 82.5 Å². The monoisotopic (exact) mass is 438 g/mol. The molecule has 7 heteroatoms. The highest BCUT2D eigenvalue weighted by Gasteiger charge is 2.24. The lowest BCUT2D eigenvalue weighted by Gasteiger charge is -2.14. The number of halogens is 2. The van der Waals surface area contributed by atoms with Crippen LogP contribution in [0.5, 0.6) is 5.88 Å². The van der Waals surface area contributed by atoms with Crippen LogP contribution in [0.1, 0.15) is 39.9 Å². The van der Waals surface area contributed by atoms with Crippen molar-refractivity contribution in [1.82, 2.24) is 10.3 Å². The van der Waals surface area contributed by atoms with E-state index < -0.39 is 18.3 Å². The van der Waals surface area contributed by atoms with Crippen molar-refractivity contribution >= 4 is 5.91 Å². The molecule has 1 aliphatic carbocycles. The van der Waals surface area contributed by atoms with Crippen molar-refractivity contribution in [3.8, 4) is 17.0 Å². The Morgan fingerprint density at radius 2 is 2.00 bits per heavy atom. The van der Waals surface area contributed by atoms with Crippen LogP contribution in [0.2, 0.25) is 0 Å². The Hall–Kier alpha value is -3.32. The quantitative estimate of drug-likeness (QED) is 0.542. The summed E-state index contributed by atoms with van der Waals surface area (Å²) in [7, 11) is 0. The molecule has 0 aliphatic heterocycles. The van der Waals surface area contributed by atoms with Gasteiger partial charge in [-0.3, -0.25) is 4.79 Å². The molecular formula is C25H24F2N2O3. The maximum atomic E-state index is 14.1. The molecule has 3 aromatic rings. The maximum absolute atomic E-state index is 14.1. The number of carbonyl (C=O) groups excluding carboxylic acids is 1. The smallest absolute Gasteiger partial charge is 0.257 e. The van der Waals surface area contributed by atoms with Gasteiger partial charge in [0, 0.05) is 23.9 Å². The Labute approximate surface area is 185 Å². The zero-order valence-corrected chi connectivity index (χ0v) is 17.7. The molecule has 0 unspecified atom stereocenters. The fraction of sp³-hybridized carbons (Fsp3) is 0.280. The van der Waals surface area contributed by atoms with E-state index >= 15 is 0 Å². The Balaban J connectivity index is 1.62. The van der Waals surface area contributed by atoms with E-state index in [9.17, 15) is 18.7 Å². The number of rotatable bonds is 8. The number of aliphatic hydroxyl groups is 1. The zero-order valence-electron chi connectivity index (χ0n) is 17.7. The predicted molar refractivity (Wildman–Crippen MR) is 116 cm³/mol. The molecule has 1 saturated carbocycles. The lowest BCUT2D eigenvalue weighted by molar-refractivity contribution is 0.0945. The van der Waals surface area contributed by atoms with E-state index in [2.05, 4.69) is 10.3 Å². The molecule has 0 bridgehead atoms. The van der Waals surface area contributed by atoms with Gasteiger partial charge in [-0.05, 0) is 60.6 Å². The highest BCUT2D eigenvalue weighted by Crippen LogP contribution is 2.32. The van der Waals surface area contributed by atoms with Gasteiger partial charge in [-0.2, -0.15) is 0 Å². The number of nitrogens with one attached hydrogen (secondary N) is 1. The number of amides is 1. The van der Waals surface area contributed by atoms with E-state index in [1.807, 2.05) is 0 Å². The molecule has 1 fully saturated rings. The number of hydrogen-bond donors (Lipinski definition) is 2. The number of aliphatic hydroxyl groups excluding tert-OH is 1. The van der Waals surface area contributed by atoms with Crippen LogP contribution in [0.15, 0.2) is 48.7 Å². The summed E-state index contributed by atoms with van der Waals surface area (Å²) < 4.78 is 33.8. The predicted octanol–water partition coefficient (Wildman–Crippen LogP) is 4.55. The minimum Gasteiger partial charge on any atom is -0.477 e. The number of aryl methyl sites for hydroxylation is 1. The summed E-state index contributed by atoms with van der Waals surface area (Å²) in [5.74, 6) is -0.654. The van der Waals surface area contributed by atoms with E-state index in [4.69, 9.17) is 4.74 Å². The van der Waals surface area contributed by atoms with Crippen LogP contribution in [0.4, 0.5) is 8.78 Å². The van der Waals surface area contributed by atoms with Crippen LogP contribution in [0, 0.1) is 24.5 Å². The van der Waals surface area contributed by atoms with Crippen LogP contribution in [0.3, 0.4) is 0 Å². The van der Waals surface area contributed by atoms with Gasteiger partial charge in [0.15, 0.2) is 0 Å². The fourth-order valence-corrected chi connectivity index (χ4v) is 3.37. The van der Waals surface area contributed by atoms with Crippen molar-refractivity contribution < 1.29 is 23.4 Å². The summed E-state index contributed by atoms with van der Waals surface area (Å²) in [6.45, 7) is 1.79. The molecule has 2 N–H and O–H groups in total. The number of nitrogens with zero attached hydrogens (tertiary/aromatic N) is 1. The number of pyridine rings is 1. The molecule has 0 saturated heterocycles. The topological polar surface area (TPSA) is 71.5 Å². The van der Waals surface area contributed by atoms with E-state index in [-0.39, 0.29) is 29.4 Å². The Morgan fingerprint density at radius 1 is 1.19 bits per heavy atom. The van der Waals surface area contributed by atoms with Crippen LogP contribution in [0.25, 0.3) is 11.1 Å². The van der Waals surface area contributed by atoms with Crippen LogP contribution < -0.4 is 10.1 Å². The summed E-state index contributed by atoms with van der Waals surface area (Å²) >= 11 is 0. The van der Waals surface area contributed by atoms with Crippen LogP contribution in [-0.4, -0.2) is 22.6 Å². The van der Waals surface area contributed by atoms with Gasteiger partial charge in [0.25, 0.3) is 5.91 Å². The third kappa shape index (κ3) is 4.94. The standard InChI is InChI=1S/C25H24F2N2O3/c1-15-5-6-17(9-23(15)27)11-28-24(31)20-10-18(12-29-25(20)32-14-16-7-8-16)19-3-2-4-22(26)21(19)13-30/h2-6,9-10,12,16,30H,7-8,11,13-14H2,1H3,(H,28,31). The molecule has 1 aromatic heterocycles. The normalized spacial score (nSPS) is 13.1. The second-order valence-corrected chi connectivity index (χ2v) is 8.02. The molecule has 0 atom stereocenters. The second-order valence-electron chi connectivity index (χ2n) is 8.02. The number of aromatic nitrogens is 1. The van der Waals surface area contributed by atoms with Crippen molar-refractivity contribution in [2.24, 2.45) is 5.92 Å². The molecular weight excluding hydrogens is 414 g/mol. The molecule has 1 amide bonds. The summed E-state index contributed by atoms with van der Waals surface area (Å²) in [4.78, 5) is 17.3. The first kappa shape index (κ1) is 21.9. The Bertz CT molecular complexity index is 1150. The molecule has 32 heavy (non-hydrogen) atoms. The van der Waals surface area contributed by atoms with Crippen molar-refractivity contribution in [3.63, 3.8) is 0 Å². The van der Waals surface area contributed by atoms with Crippen LogP contribution in [-0.2, 0) is 13.2 Å². The SMILES string of the molecule is Cc1ccc(CNC(=O)c2cc(-c3cccc(F)c3CO)cnc2OCC2CC2)cc1F. The highest BCUT2D eigenvalue weighted by atomic mass is 19.1. The van der Waals surface area contributed by atoms with Gasteiger partial charge in [0.1, 0.15) is 17.2 Å². The van der Waals surface area contributed by atoms with E-state index in [0.29, 0.717) is 34.8 Å². The maximum Gasteiger partial charge on any atom is 0.257 e. The number of carbonyl (C=O) groups is 1. The molecule has 166 valence electrons. The first-order valence-corrected chi connectivity index (χ1v) is 10.5. The van der Waals surface area contributed by atoms with Gasteiger partial charge < -0.3 is 15.2 Å². The average Bonchev–Trinajstić information content (AvgIpc) is 3.62. The number of benzene rings is 2. The average molecular weight is 438 g/mol. The second kappa shape index (κ2) is 9.44. The van der Waals surface area contributed by atoms with Crippen molar-refractivity contribution in [2.45, 2.75) is 32.9 Å². The molecule has 5 nitrogen and oxygen atoms in total. The molecule has 1 heterocycles. The number of ether oxygens (including phenoxy) is 1. The van der Waals surface area contributed by atoms with Gasteiger partial charge in [-0.1, -0.05) is 24.3 Å². The lowest BCUT2D eigenvalue weighted by atomic mass is 9.99.